The Morgan fingerprint density at radius 1 is 0.810 bits per heavy atom. The lowest BCUT2D eigenvalue weighted by Gasteiger charge is -2.10. The topological polar surface area (TPSA) is 17.8 Å². The first-order valence-electron chi connectivity index (χ1n) is 7.34. The molecule has 0 bridgehead atoms. The first-order valence-corrected chi connectivity index (χ1v) is 7.34. The van der Waals surface area contributed by atoms with E-state index in [9.17, 15) is 0 Å². The molecule has 0 radical (unpaired) electrons. The zero-order valence-corrected chi connectivity index (χ0v) is 12.6. The minimum absolute atomic E-state index is 0.877. The number of benzene rings is 2. The summed E-state index contributed by atoms with van der Waals surface area (Å²) in [5.74, 6) is 1.14. The van der Waals surface area contributed by atoms with Gasteiger partial charge in [-0.2, -0.15) is 0 Å². The fourth-order valence-corrected chi connectivity index (χ4v) is 2.61. The highest BCUT2D eigenvalue weighted by molar-refractivity contribution is 5.25. The number of aryl methyl sites for hydroxylation is 1. The highest BCUT2D eigenvalue weighted by Crippen LogP contribution is 2.16. The molecule has 0 fully saturated rings. The minimum atomic E-state index is 0.877. The van der Waals surface area contributed by atoms with Gasteiger partial charge in [0.25, 0.3) is 0 Å². The van der Waals surface area contributed by atoms with Crippen molar-refractivity contribution >= 4 is 0 Å². The van der Waals surface area contributed by atoms with Crippen LogP contribution in [0, 0.1) is 13.8 Å². The van der Waals surface area contributed by atoms with E-state index in [-0.39, 0.29) is 0 Å². The van der Waals surface area contributed by atoms with E-state index in [1.54, 1.807) is 0 Å². The van der Waals surface area contributed by atoms with Crippen molar-refractivity contribution < 1.29 is 0 Å². The predicted molar refractivity (Wildman–Crippen MR) is 86.5 cm³/mol. The first-order chi connectivity index (χ1) is 10.2. The summed E-state index contributed by atoms with van der Waals surface area (Å²) in [6, 6.07) is 21.1. The third-order valence-corrected chi connectivity index (χ3v) is 3.93. The molecule has 0 N–H and O–H groups in total. The molecule has 2 nitrogen and oxygen atoms in total. The molecule has 2 aromatic carbocycles. The van der Waals surface area contributed by atoms with Crippen molar-refractivity contribution in [1.29, 1.82) is 0 Å². The van der Waals surface area contributed by atoms with Crippen LogP contribution in [0.5, 0.6) is 0 Å². The second-order valence-corrected chi connectivity index (χ2v) is 5.43. The van der Waals surface area contributed by atoms with Gasteiger partial charge in [-0.15, -0.1) is 0 Å². The largest absolute Gasteiger partial charge is 0.327 e. The highest BCUT2D eigenvalue weighted by Gasteiger charge is 2.11. The maximum absolute atomic E-state index is 4.76. The van der Waals surface area contributed by atoms with Crippen LogP contribution in [0.4, 0.5) is 0 Å². The molecule has 0 saturated heterocycles. The molecule has 0 spiro atoms. The molecule has 1 aromatic heterocycles. The van der Waals surface area contributed by atoms with Crippen LogP contribution in [0.3, 0.4) is 0 Å². The van der Waals surface area contributed by atoms with E-state index in [1.807, 2.05) is 0 Å². The van der Waals surface area contributed by atoms with Crippen molar-refractivity contribution in [2.45, 2.75) is 26.8 Å². The number of hydrogen-bond acceptors (Lipinski definition) is 1. The van der Waals surface area contributed by atoms with Crippen molar-refractivity contribution in [1.82, 2.24) is 9.55 Å². The van der Waals surface area contributed by atoms with Gasteiger partial charge in [-0.25, -0.2) is 4.98 Å². The summed E-state index contributed by atoms with van der Waals surface area (Å²) >= 11 is 0. The maximum Gasteiger partial charge on any atom is 0.113 e. The van der Waals surface area contributed by atoms with E-state index in [0.717, 1.165) is 24.5 Å². The molecule has 3 rings (SSSR count). The van der Waals surface area contributed by atoms with Crippen molar-refractivity contribution in [3.05, 3.63) is 89.0 Å². The molecule has 1 heterocycles. The smallest absolute Gasteiger partial charge is 0.113 e. The first kappa shape index (κ1) is 13.6. The zero-order valence-electron chi connectivity index (χ0n) is 12.6. The maximum atomic E-state index is 4.76. The Hall–Kier alpha value is -2.35. The quantitative estimate of drug-likeness (QED) is 0.700. The Bertz CT molecular complexity index is 712. The van der Waals surface area contributed by atoms with Gasteiger partial charge in [0.2, 0.25) is 0 Å². The van der Waals surface area contributed by atoms with Crippen molar-refractivity contribution in [3.8, 4) is 0 Å². The van der Waals surface area contributed by atoms with Gasteiger partial charge in [0, 0.05) is 18.7 Å². The van der Waals surface area contributed by atoms with Crippen molar-refractivity contribution in [2.75, 3.05) is 0 Å². The van der Waals surface area contributed by atoms with Gasteiger partial charge in [-0.3, -0.25) is 0 Å². The summed E-state index contributed by atoms with van der Waals surface area (Å²) in [5, 5.41) is 0. The monoisotopic (exact) mass is 276 g/mol. The Morgan fingerprint density at radius 2 is 1.38 bits per heavy atom. The van der Waals surface area contributed by atoms with Crippen LogP contribution in [0.15, 0.2) is 60.7 Å². The van der Waals surface area contributed by atoms with Gasteiger partial charge in [0.15, 0.2) is 0 Å². The minimum Gasteiger partial charge on any atom is -0.327 e. The summed E-state index contributed by atoms with van der Waals surface area (Å²) in [4.78, 5) is 4.76. The molecule has 3 aromatic rings. The van der Waals surface area contributed by atoms with Gasteiger partial charge >= 0.3 is 0 Å². The molecule has 0 atom stereocenters. The molecule has 0 saturated carbocycles. The van der Waals surface area contributed by atoms with Gasteiger partial charge in [-0.05, 0) is 25.0 Å². The molecule has 0 amide bonds. The number of hydrogen-bond donors (Lipinski definition) is 0. The van der Waals surface area contributed by atoms with Crippen LogP contribution in [-0.4, -0.2) is 9.55 Å². The van der Waals surface area contributed by atoms with Crippen LogP contribution in [0.2, 0.25) is 0 Å². The normalized spacial score (nSPS) is 10.8. The molecule has 0 aliphatic heterocycles. The van der Waals surface area contributed by atoms with Crippen LogP contribution >= 0.6 is 0 Å². The molecule has 2 heteroatoms. The third kappa shape index (κ3) is 3.05. The van der Waals surface area contributed by atoms with Crippen LogP contribution in [0.1, 0.15) is 28.3 Å². The van der Waals surface area contributed by atoms with Gasteiger partial charge in [0.05, 0.1) is 5.69 Å². The summed E-state index contributed by atoms with van der Waals surface area (Å²) in [5.41, 5.74) is 4.99. The second kappa shape index (κ2) is 5.96. The lowest BCUT2D eigenvalue weighted by atomic mass is 10.1. The summed E-state index contributed by atoms with van der Waals surface area (Å²) in [7, 11) is 0. The van der Waals surface area contributed by atoms with Gasteiger partial charge in [-0.1, -0.05) is 60.7 Å². The Labute approximate surface area is 126 Å². The fourth-order valence-electron chi connectivity index (χ4n) is 2.61. The van der Waals surface area contributed by atoms with Crippen LogP contribution in [-0.2, 0) is 13.0 Å². The third-order valence-electron chi connectivity index (χ3n) is 3.93. The van der Waals surface area contributed by atoms with Crippen molar-refractivity contribution in [3.63, 3.8) is 0 Å². The van der Waals surface area contributed by atoms with E-state index in [0.29, 0.717) is 0 Å². The number of imidazole rings is 1. The number of rotatable bonds is 4. The Morgan fingerprint density at radius 3 is 2.00 bits per heavy atom. The summed E-state index contributed by atoms with van der Waals surface area (Å²) in [6.07, 6.45) is 0.877. The summed E-state index contributed by atoms with van der Waals surface area (Å²) in [6.45, 7) is 5.13. The van der Waals surface area contributed by atoms with E-state index in [4.69, 9.17) is 4.98 Å². The molecule has 0 aliphatic rings. The molecular weight excluding hydrogens is 256 g/mol. The van der Waals surface area contributed by atoms with E-state index in [1.165, 1.54) is 16.8 Å². The fraction of sp³-hybridized carbons (Fsp3) is 0.211. The Kier molecular flexibility index (Phi) is 3.87. The number of nitrogens with zero attached hydrogens (tertiary/aromatic N) is 2. The standard InChI is InChI=1S/C19H20N2/c1-15-16(2)21(14-18-11-7-4-8-12-18)19(20-15)13-17-9-5-3-6-10-17/h3-12H,13-14H2,1-2H3. The average molecular weight is 276 g/mol. The van der Waals surface area contributed by atoms with Crippen LogP contribution < -0.4 is 0 Å². The van der Waals surface area contributed by atoms with E-state index >= 15 is 0 Å². The molecule has 21 heavy (non-hydrogen) atoms. The average Bonchev–Trinajstić information content (AvgIpc) is 2.77. The highest BCUT2D eigenvalue weighted by atomic mass is 15.1. The lowest BCUT2D eigenvalue weighted by molar-refractivity contribution is 0.719. The molecule has 0 aliphatic carbocycles. The lowest BCUT2D eigenvalue weighted by Crippen LogP contribution is -2.07. The van der Waals surface area contributed by atoms with Crippen LogP contribution in [0.25, 0.3) is 0 Å². The molecule has 0 unspecified atom stereocenters. The Balaban J connectivity index is 1.92. The predicted octanol–water partition coefficient (Wildman–Crippen LogP) is 4.14. The molecule has 106 valence electrons. The van der Waals surface area contributed by atoms with E-state index in [2.05, 4.69) is 79.1 Å². The van der Waals surface area contributed by atoms with Gasteiger partial charge < -0.3 is 4.57 Å². The SMILES string of the molecule is Cc1nc(Cc2ccccc2)n(Cc2ccccc2)c1C. The zero-order chi connectivity index (χ0) is 14.7. The van der Waals surface area contributed by atoms with Gasteiger partial charge in [0.1, 0.15) is 5.82 Å². The van der Waals surface area contributed by atoms with Crippen molar-refractivity contribution in [2.24, 2.45) is 0 Å². The van der Waals surface area contributed by atoms with E-state index < -0.39 is 0 Å². The second-order valence-electron chi connectivity index (χ2n) is 5.43. The number of aromatic nitrogens is 2. The summed E-state index contributed by atoms with van der Waals surface area (Å²) < 4.78 is 2.33. The molecular formula is C19H20N2.